The number of nitrogens with zero attached hydrogens (tertiary/aromatic N) is 2. The van der Waals surface area contributed by atoms with Gasteiger partial charge in [-0.25, -0.2) is 9.18 Å². The Hall–Kier alpha value is -1.69. The van der Waals surface area contributed by atoms with E-state index in [0.29, 0.717) is 11.3 Å². The fraction of sp³-hybridized carbons (Fsp3) is 0.286. The minimum atomic E-state index is -0.449. The molecular weight excluding hydrogens is 327 g/mol. The summed E-state index contributed by atoms with van der Waals surface area (Å²) in [5.74, 6) is -0.268. The van der Waals surface area contributed by atoms with E-state index in [1.54, 1.807) is 19.1 Å². The molecule has 2 rings (SSSR count). The monoisotopic (exact) mass is 340 g/mol. The molecule has 0 fully saturated rings. The van der Waals surface area contributed by atoms with Gasteiger partial charge < -0.3 is 4.74 Å². The molecule has 0 aliphatic heterocycles. The van der Waals surface area contributed by atoms with Crippen LogP contribution in [0.1, 0.15) is 17.0 Å². The molecule has 0 amide bonds. The van der Waals surface area contributed by atoms with Crippen LogP contribution in [0.3, 0.4) is 0 Å². The Labute approximate surface area is 124 Å². The summed E-state index contributed by atoms with van der Waals surface area (Å²) in [7, 11) is 1.41. The molecule has 0 aliphatic carbocycles. The van der Waals surface area contributed by atoms with Crippen molar-refractivity contribution in [3.8, 4) is 5.75 Å². The van der Waals surface area contributed by atoms with Crippen molar-refractivity contribution < 1.29 is 9.13 Å². The SMILES string of the molecule is COc1ccc(Cn2c(C)c(Br)c(C)nc2=O)cc1F. The van der Waals surface area contributed by atoms with Crippen LogP contribution in [0.2, 0.25) is 0 Å². The molecule has 0 unspecified atom stereocenters. The standard InChI is InChI=1S/C14H14BrFN2O2/c1-8-13(15)9(2)18(14(19)17-8)7-10-4-5-12(20-3)11(16)6-10/h4-6H,7H2,1-3H3. The normalized spacial score (nSPS) is 10.7. The molecular formula is C14H14BrFN2O2. The van der Waals surface area contributed by atoms with E-state index in [4.69, 9.17) is 4.74 Å². The van der Waals surface area contributed by atoms with Crippen molar-refractivity contribution in [3.05, 3.63) is 55.9 Å². The molecule has 0 saturated heterocycles. The molecule has 20 heavy (non-hydrogen) atoms. The van der Waals surface area contributed by atoms with Crippen molar-refractivity contribution >= 4 is 15.9 Å². The highest BCUT2D eigenvalue weighted by Crippen LogP contribution is 2.20. The maximum Gasteiger partial charge on any atom is 0.348 e. The summed E-state index contributed by atoms with van der Waals surface area (Å²) in [6, 6.07) is 4.63. The molecule has 0 bridgehead atoms. The Morgan fingerprint density at radius 2 is 2.10 bits per heavy atom. The van der Waals surface area contributed by atoms with Gasteiger partial charge in [-0.3, -0.25) is 4.57 Å². The summed E-state index contributed by atoms with van der Waals surface area (Å²) in [4.78, 5) is 15.9. The van der Waals surface area contributed by atoms with E-state index in [2.05, 4.69) is 20.9 Å². The number of benzene rings is 1. The van der Waals surface area contributed by atoms with Crippen LogP contribution in [-0.4, -0.2) is 16.7 Å². The van der Waals surface area contributed by atoms with Crippen LogP contribution < -0.4 is 10.4 Å². The van der Waals surface area contributed by atoms with Gasteiger partial charge in [-0.15, -0.1) is 0 Å². The highest BCUT2D eigenvalue weighted by atomic mass is 79.9. The third-order valence-corrected chi connectivity index (χ3v) is 4.24. The highest BCUT2D eigenvalue weighted by molar-refractivity contribution is 9.10. The number of hydrogen-bond acceptors (Lipinski definition) is 3. The zero-order chi connectivity index (χ0) is 14.9. The maximum absolute atomic E-state index is 13.7. The van der Waals surface area contributed by atoms with Crippen molar-refractivity contribution in [2.75, 3.05) is 7.11 Å². The summed E-state index contributed by atoms with van der Waals surface area (Å²) >= 11 is 3.40. The predicted molar refractivity (Wildman–Crippen MR) is 77.7 cm³/mol. The first-order valence-electron chi connectivity index (χ1n) is 6.00. The molecule has 0 saturated carbocycles. The number of rotatable bonds is 3. The van der Waals surface area contributed by atoms with Crippen LogP contribution in [0, 0.1) is 19.7 Å². The molecule has 1 heterocycles. The minimum absolute atomic E-state index is 0.182. The lowest BCUT2D eigenvalue weighted by Crippen LogP contribution is -2.26. The average molecular weight is 341 g/mol. The lowest BCUT2D eigenvalue weighted by molar-refractivity contribution is 0.386. The van der Waals surface area contributed by atoms with Crippen molar-refractivity contribution in [2.24, 2.45) is 0 Å². The van der Waals surface area contributed by atoms with Gasteiger partial charge in [0.05, 0.1) is 23.8 Å². The Bertz CT molecular complexity index is 713. The number of aromatic nitrogens is 2. The quantitative estimate of drug-likeness (QED) is 0.862. The number of halogens is 2. The summed E-state index contributed by atoms with van der Waals surface area (Å²) in [5.41, 5.74) is 1.73. The summed E-state index contributed by atoms with van der Waals surface area (Å²) in [6.45, 7) is 3.84. The van der Waals surface area contributed by atoms with Gasteiger partial charge in [-0.05, 0) is 47.5 Å². The van der Waals surface area contributed by atoms with Gasteiger partial charge in [0.25, 0.3) is 0 Å². The van der Waals surface area contributed by atoms with Crippen molar-refractivity contribution in [3.63, 3.8) is 0 Å². The third kappa shape index (κ3) is 2.75. The largest absolute Gasteiger partial charge is 0.494 e. The topological polar surface area (TPSA) is 44.1 Å². The van der Waals surface area contributed by atoms with E-state index >= 15 is 0 Å². The molecule has 2 aromatic rings. The Balaban J connectivity index is 2.43. The Kier molecular flexibility index (Phi) is 4.23. The highest BCUT2D eigenvalue weighted by Gasteiger charge is 2.11. The third-order valence-electron chi connectivity index (χ3n) is 3.09. The molecule has 0 aliphatic rings. The fourth-order valence-electron chi connectivity index (χ4n) is 1.95. The zero-order valence-electron chi connectivity index (χ0n) is 11.4. The second kappa shape index (κ2) is 5.75. The number of methoxy groups -OCH3 is 1. The lowest BCUT2D eigenvalue weighted by atomic mass is 10.2. The van der Waals surface area contributed by atoms with Crippen molar-refractivity contribution in [1.29, 1.82) is 0 Å². The maximum atomic E-state index is 13.7. The van der Waals surface area contributed by atoms with Crippen LogP contribution in [0.15, 0.2) is 27.5 Å². The van der Waals surface area contributed by atoms with Gasteiger partial charge in [0, 0.05) is 5.69 Å². The molecule has 0 radical (unpaired) electrons. The molecule has 1 aromatic heterocycles. The predicted octanol–water partition coefficient (Wildman–Crippen LogP) is 2.82. The van der Waals surface area contributed by atoms with Gasteiger partial charge in [0.15, 0.2) is 11.6 Å². The lowest BCUT2D eigenvalue weighted by Gasteiger charge is -2.12. The average Bonchev–Trinajstić information content (AvgIpc) is 2.41. The van der Waals surface area contributed by atoms with Crippen LogP contribution in [0.25, 0.3) is 0 Å². The van der Waals surface area contributed by atoms with E-state index in [9.17, 15) is 9.18 Å². The van der Waals surface area contributed by atoms with Gasteiger partial charge >= 0.3 is 5.69 Å². The molecule has 106 valence electrons. The Morgan fingerprint density at radius 3 is 2.70 bits per heavy atom. The first-order chi connectivity index (χ1) is 9.43. The van der Waals surface area contributed by atoms with Crippen LogP contribution in [0.4, 0.5) is 4.39 Å². The van der Waals surface area contributed by atoms with E-state index in [1.165, 1.54) is 17.7 Å². The van der Waals surface area contributed by atoms with E-state index in [1.807, 2.05) is 6.92 Å². The second-order valence-corrected chi connectivity index (χ2v) is 5.23. The number of ether oxygens (including phenoxy) is 1. The molecule has 1 aromatic carbocycles. The molecule has 0 atom stereocenters. The molecule has 6 heteroatoms. The summed E-state index contributed by atoms with van der Waals surface area (Å²) < 4.78 is 20.8. The number of aryl methyl sites for hydroxylation is 1. The van der Waals surface area contributed by atoms with Crippen LogP contribution in [-0.2, 0) is 6.54 Å². The van der Waals surface area contributed by atoms with E-state index in [-0.39, 0.29) is 18.0 Å². The molecule has 0 N–H and O–H groups in total. The van der Waals surface area contributed by atoms with E-state index < -0.39 is 5.82 Å². The smallest absolute Gasteiger partial charge is 0.348 e. The van der Waals surface area contributed by atoms with Gasteiger partial charge in [0.1, 0.15) is 0 Å². The van der Waals surface area contributed by atoms with E-state index in [0.717, 1.165) is 10.2 Å². The fourth-order valence-corrected chi connectivity index (χ4v) is 2.26. The van der Waals surface area contributed by atoms with Gasteiger partial charge in [-0.2, -0.15) is 4.98 Å². The van der Waals surface area contributed by atoms with Crippen LogP contribution in [0.5, 0.6) is 5.75 Å². The first kappa shape index (κ1) is 14.7. The zero-order valence-corrected chi connectivity index (χ0v) is 13.0. The summed E-state index contributed by atoms with van der Waals surface area (Å²) in [6.07, 6.45) is 0. The number of hydrogen-bond donors (Lipinski definition) is 0. The minimum Gasteiger partial charge on any atom is -0.494 e. The Morgan fingerprint density at radius 1 is 1.40 bits per heavy atom. The van der Waals surface area contributed by atoms with Gasteiger partial charge in [0.2, 0.25) is 0 Å². The second-order valence-electron chi connectivity index (χ2n) is 4.43. The molecule has 4 nitrogen and oxygen atoms in total. The summed E-state index contributed by atoms with van der Waals surface area (Å²) in [5, 5.41) is 0. The first-order valence-corrected chi connectivity index (χ1v) is 6.79. The van der Waals surface area contributed by atoms with Crippen molar-refractivity contribution in [1.82, 2.24) is 9.55 Å². The van der Waals surface area contributed by atoms with Gasteiger partial charge in [-0.1, -0.05) is 6.07 Å². The van der Waals surface area contributed by atoms with Crippen LogP contribution >= 0.6 is 15.9 Å². The van der Waals surface area contributed by atoms with Crippen molar-refractivity contribution in [2.45, 2.75) is 20.4 Å². The molecule has 0 spiro atoms.